The molecule has 1 atom stereocenters. The predicted molar refractivity (Wildman–Crippen MR) is 122 cm³/mol. The monoisotopic (exact) mass is 471 g/mol. The molecule has 4 saturated carbocycles. The molecule has 2 aromatic carbocycles. The minimum Gasteiger partial charge on any atom is -0.489 e. The Bertz CT molecular complexity index is 861. The van der Waals surface area contributed by atoms with E-state index in [1.165, 1.54) is 56.2 Å². The number of benzene rings is 2. The molecule has 0 aromatic heterocycles. The molecule has 0 radical (unpaired) electrons. The molecule has 6 rings (SSSR count). The van der Waals surface area contributed by atoms with Crippen LogP contribution >= 0.6 is 15.9 Å². The van der Waals surface area contributed by atoms with Crippen molar-refractivity contribution in [3.63, 3.8) is 0 Å². The van der Waals surface area contributed by atoms with Crippen LogP contribution in [0.3, 0.4) is 0 Å². The minimum absolute atomic E-state index is 0.217. The molecule has 4 aliphatic carbocycles. The molecule has 0 aliphatic heterocycles. The number of nitrogens with one attached hydrogen (secondary N) is 1. The second kappa shape index (κ2) is 8.27. The average Bonchev–Trinajstić information content (AvgIpc) is 2.71. The Hall–Kier alpha value is -1.39. The first kappa shape index (κ1) is 20.5. The highest BCUT2D eigenvalue weighted by Gasteiger charge is 2.52. The highest BCUT2D eigenvalue weighted by atomic mass is 79.9. The van der Waals surface area contributed by atoms with E-state index in [1.54, 1.807) is 12.1 Å². The summed E-state index contributed by atoms with van der Waals surface area (Å²) >= 11 is 3.61. The maximum atomic E-state index is 13.1. The normalized spacial score (nSPS) is 30.4. The van der Waals surface area contributed by atoms with Gasteiger partial charge in [-0.2, -0.15) is 0 Å². The number of ether oxygens (including phenoxy) is 1. The SMILES string of the molecule is CC(NCc1cc(Br)ccc1OCc1ccc(F)cc1)C12CC3CC(CC(C3)C1)C2. The van der Waals surface area contributed by atoms with E-state index < -0.39 is 0 Å². The van der Waals surface area contributed by atoms with Gasteiger partial charge in [0.2, 0.25) is 0 Å². The molecule has 0 saturated heterocycles. The summed E-state index contributed by atoms with van der Waals surface area (Å²) in [7, 11) is 0. The second-order valence-electron chi connectivity index (χ2n) is 10.0. The highest BCUT2D eigenvalue weighted by molar-refractivity contribution is 9.10. The predicted octanol–water partition coefficient (Wildman–Crippen LogP) is 6.86. The summed E-state index contributed by atoms with van der Waals surface area (Å²) in [4.78, 5) is 0. The molecule has 160 valence electrons. The van der Waals surface area contributed by atoms with Gasteiger partial charge in [0.25, 0.3) is 0 Å². The summed E-state index contributed by atoms with van der Waals surface area (Å²) in [5, 5.41) is 3.88. The third-order valence-corrected chi connectivity index (χ3v) is 8.43. The third-order valence-electron chi connectivity index (χ3n) is 7.93. The van der Waals surface area contributed by atoms with Crippen LogP contribution in [0.15, 0.2) is 46.9 Å². The first-order valence-corrected chi connectivity index (χ1v) is 12.2. The summed E-state index contributed by atoms with van der Waals surface area (Å²) in [5.41, 5.74) is 2.64. The van der Waals surface area contributed by atoms with Gasteiger partial charge in [0.05, 0.1) is 0 Å². The van der Waals surface area contributed by atoms with Crippen LogP contribution in [-0.4, -0.2) is 6.04 Å². The van der Waals surface area contributed by atoms with Crippen LogP contribution in [0.2, 0.25) is 0 Å². The first-order valence-electron chi connectivity index (χ1n) is 11.4. The van der Waals surface area contributed by atoms with Gasteiger partial charge in [-0.05, 0) is 105 Å². The van der Waals surface area contributed by atoms with Gasteiger partial charge in [-0.15, -0.1) is 0 Å². The van der Waals surface area contributed by atoms with Gasteiger partial charge in [-0.1, -0.05) is 28.1 Å². The lowest BCUT2D eigenvalue weighted by molar-refractivity contribution is -0.0706. The summed E-state index contributed by atoms with van der Waals surface area (Å²) in [5.74, 6) is 3.60. The van der Waals surface area contributed by atoms with E-state index in [0.29, 0.717) is 18.1 Å². The van der Waals surface area contributed by atoms with Crippen molar-refractivity contribution in [1.29, 1.82) is 0 Å². The van der Waals surface area contributed by atoms with Gasteiger partial charge in [-0.25, -0.2) is 4.39 Å². The topological polar surface area (TPSA) is 21.3 Å². The number of hydrogen-bond acceptors (Lipinski definition) is 2. The van der Waals surface area contributed by atoms with Crippen LogP contribution in [-0.2, 0) is 13.2 Å². The van der Waals surface area contributed by atoms with E-state index in [2.05, 4.69) is 34.2 Å². The lowest BCUT2D eigenvalue weighted by Crippen LogP contribution is -2.54. The zero-order chi connectivity index (χ0) is 20.7. The van der Waals surface area contributed by atoms with Crippen LogP contribution in [0.5, 0.6) is 5.75 Å². The lowest BCUT2D eigenvalue weighted by atomic mass is 9.48. The average molecular weight is 472 g/mol. The summed E-state index contributed by atoms with van der Waals surface area (Å²) in [6.07, 6.45) is 8.70. The zero-order valence-corrected chi connectivity index (χ0v) is 19.3. The van der Waals surface area contributed by atoms with Crippen molar-refractivity contribution in [2.45, 2.75) is 64.6 Å². The van der Waals surface area contributed by atoms with Crippen molar-refractivity contribution in [2.75, 3.05) is 0 Å². The summed E-state index contributed by atoms with van der Waals surface area (Å²) < 4.78 is 20.3. The molecule has 30 heavy (non-hydrogen) atoms. The molecule has 0 spiro atoms. The van der Waals surface area contributed by atoms with E-state index in [-0.39, 0.29) is 5.82 Å². The molecule has 2 nitrogen and oxygen atoms in total. The Morgan fingerprint density at radius 1 is 1.03 bits per heavy atom. The molecular formula is C26H31BrFNO. The number of halogens is 2. The van der Waals surface area contributed by atoms with Gasteiger partial charge >= 0.3 is 0 Å². The van der Waals surface area contributed by atoms with Crippen LogP contribution < -0.4 is 10.1 Å². The number of rotatable bonds is 7. The molecule has 2 aromatic rings. The van der Waals surface area contributed by atoms with Crippen molar-refractivity contribution >= 4 is 15.9 Å². The lowest BCUT2D eigenvalue weighted by Gasteiger charge is -2.59. The molecular weight excluding hydrogens is 441 g/mol. The van der Waals surface area contributed by atoms with Crippen molar-refractivity contribution < 1.29 is 9.13 Å². The minimum atomic E-state index is -0.217. The Balaban J connectivity index is 1.25. The smallest absolute Gasteiger partial charge is 0.124 e. The van der Waals surface area contributed by atoms with E-state index in [0.717, 1.165) is 40.1 Å². The molecule has 1 unspecified atom stereocenters. The van der Waals surface area contributed by atoms with Crippen LogP contribution in [0, 0.1) is 29.0 Å². The second-order valence-corrected chi connectivity index (χ2v) is 11.0. The fourth-order valence-electron chi connectivity index (χ4n) is 6.76. The third kappa shape index (κ3) is 4.18. The van der Waals surface area contributed by atoms with Gasteiger partial charge in [0.1, 0.15) is 18.2 Å². The molecule has 4 bridgehead atoms. The standard InChI is InChI=1S/C26H31BrFNO/c1-17(26-12-19-8-20(13-26)10-21(9-19)14-26)29-15-22-11-23(27)4-7-25(22)30-16-18-2-5-24(28)6-3-18/h2-7,11,17,19-21,29H,8-10,12-16H2,1H3. The van der Waals surface area contributed by atoms with Gasteiger partial charge < -0.3 is 10.1 Å². The zero-order valence-electron chi connectivity index (χ0n) is 17.7. The van der Waals surface area contributed by atoms with E-state index in [9.17, 15) is 4.39 Å². The fourth-order valence-corrected chi connectivity index (χ4v) is 7.16. The Morgan fingerprint density at radius 3 is 2.30 bits per heavy atom. The van der Waals surface area contributed by atoms with Crippen LogP contribution in [0.1, 0.15) is 56.6 Å². The van der Waals surface area contributed by atoms with Gasteiger partial charge in [0, 0.05) is 22.6 Å². The molecule has 0 amide bonds. The summed E-state index contributed by atoms with van der Waals surface area (Å²) in [6.45, 7) is 3.66. The van der Waals surface area contributed by atoms with E-state index in [1.807, 2.05) is 12.1 Å². The quantitative estimate of drug-likeness (QED) is 0.475. The number of hydrogen-bond donors (Lipinski definition) is 1. The molecule has 4 heteroatoms. The van der Waals surface area contributed by atoms with Crippen molar-refractivity contribution in [1.82, 2.24) is 5.32 Å². The van der Waals surface area contributed by atoms with Crippen LogP contribution in [0.4, 0.5) is 4.39 Å². The first-order chi connectivity index (χ1) is 14.5. The maximum Gasteiger partial charge on any atom is 0.124 e. The van der Waals surface area contributed by atoms with Crippen LogP contribution in [0.25, 0.3) is 0 Å². The largest absolute Gasteiger partial charge is 0.489 e. The van der Waals surface area contributed by atoms with E-state index >= 15 is 0 Å². The van der Waals surface area contributed by atoms with Gasteiger partial charge in [-0.3, -0.25) is 0 Å². The highest BCUT2D eigenvalue weighted by Crippen LogP contribution is 2.61. The molecule has 1 N–H and O–H groups in total. The summed E-state index contributed by atoms with van der Waals surface area (Å²) in [6, 6.07) is 13.2. The van der Waals surface area contributed by atoms with E-state index in [4.69, 9.17) is 4.74 Å². The van der Waals surface area contributed by atoms with Gasteiger partial charge in [0.15, 0.2) is 0 Å². The Morgan fingerprint density at radius 2 is 1.67 bits per heavy atom. The maximum absolute atomic E-state index is 13.1. The molecule has 0 heterocycles. The van der Waals surface area contributed by atoms with Crippen molar-refractivity contribution in [3.8, 4) is 5.75 Å². The van der Waals surface area contributed by atoms with Crippen molar-refractivity contribution in [2.24, 2.45) is 23.2 Å². The fraction of sp³-hybridized carbons (Fsp3) is 0.538. The molecule has 4 aliphatic rings. The molecule has 4 fully saturated rings. The Labute approximate surface area is 187 Å². The Kier molecular flexibility index (Phi) is 5.66. The van der Waals surface area contributed by atoms with Crippen molar-refractivity contribution in [3.05, 3.63) is 63.9 Å².